The van der Waals surface area contributed by atoms with Crippen molar-refractivity contribution in [3.63, 3.8) is 0 Å². The molecule has 3 N–H and O–H groups in total. The third-order valence-corrected chi connectivity index (χ3v) is 9.41. The van der Waals surface area contributed by atoms with Crippen LogP contribution in [0.3, 0.4) is 0 Å². The van der Waals surface area contributed by atoms with Crippen LogP contribution in [0, 0.1) is 5.92 Å². The van der Waals surface area contributed by atoms with Gasteiger partial charge in [0, 0.05) is 48.2 Å². The molecule has 1 aliphatic heterocycles. The van der Waals surface area contributed by atoms with Gasteiger partial charge in [0.05, 0.1) is 18.8 Å². The Morgan fingerprint density at radius 2 is 1.55 bits per heavy atom. The smallest absolute Gasteiger partial charge is 0.303 e. The van der Waals surface area contributed by atoms with Gasteiger partial charge >= 0.3 is 5.97 Å². The molecule has 1 aliphatic rings. The van der Waals surface area contributed by atoms with Crippen molar-refractivity contribution in [1.82, 2.24) is 5.32 Å². The average molecular weight is 683 g/mol. The minimum Gasteiger partial charge on any atom is -0.453 e. The number of thioether (sulfide) groups is 1. The number of aliphatic hydroxyl groups is 1. The summed E-state index contributed by atoms with van der Waals surface area (Å²) in [5.74, 6) is -0.257. The Morgan fingerprint density at radius 3 is 2.22 bits per heavy atom. The van der Waals surface area contributed by atoms with Gasteiger partial charge in [-0.2, -0.15) is 0 Å². The quantitative estimate of drug-likeness (QED) is 0.108. The van der Waals surface area contributed by atoms with Crippen molar-refractivity contribution in [3.05, 3.63) is 119 Å². The number of amides is 2. The van der Waals surface area contributed by atoms with Gasteiger partial charge < -0.3 is 30.0 Å². The molecule has 0 aromatic heterocycles. The number of hydrogen-bond acceptors (Lipinski definition) is 8. The van der Waals surface area contributed by atoms with Crippen LogP contribution in [0.4, 0.5) is 5.69 Å². The fraction of sp³-hybridized carbons (Fsp3) is 0.308. The minimum atomic E-state index is -0.871. The lowest BCUT2D eigenvalue weighted by molar-refractivity contribution is -0.268. The number of rotatable bonds is 12. The van der Waals surface area contributed by atoms with Gasteiger partial charge in [-0.1, -0.05) is 67.6 Å². The zero-order valence-electron chi connectivity index (χ0n) is 28.1. The molecule has 1 fully saturated rings. The maximum Gasteiger partial charge on any atom is 0.303 e. The first-order valence-corrected chi connectivity index (χ1v) is 17.2. The maximum absolute atomic E-state index is 12.4. The van der Waals surface area contributed by atoms with Gasteiger partial charge in [0.2, 0.25) is 5.91 Å². The van der Waals surface area contributed by atoms with Crippen LogP contribution in [0.25, 0.3) is 11.1 Å². The van der Waals surface area contributed by atoms with Crippen molar-refractivity contribution in [2.75, 3.05) is 11.1 Å². The summed E-state index contributed by atoms with van der Waals surface area (Å²) in [6, 6.07) is 31.6. The van der Waals surface area contributed by atoms with E-state index in [4.69, 9.17) is 14.2 Å². The first-order chi connectivity index (χ1) is 23.6. The minimum absolute atomic E-state index is 0.0269. The third-order valence-electron chi connectivity index (χ3n) is 8.31. The Hall–Kier alpha value is -4.48. The number of carbonyl (C=O) groups is 3. The van der Waals surface area contributed by atoms with Gasteiger partial charge in [0.25, 0.3) is 5.91 Å². The van der Waals surface area contributed by atoms with Crippen molar-refractivity contribution in [1.29, 1.82) is 0 Å². The Labute approximate surface area is 291 Å². The molecule has 2 amide bonds. The molecule has 0 saturated carbocycles. The molecule has 256 valence electrons. The monoisotopic (exact) mass is 682 g/mol. The number of carbonyl (C=O) groups excluding carboxylic acids is 3. The Kier molecular flexibility index (Phi) is 12.2. The highest BCUT2D eigenvalue weighted by Gasteiger charge is 2.38. The number of benzene rings is 4. The van der Waals surface area contributed by atoms with E-state index in [2.05, 4.69) is 23.6 Å². The maximum atomic E-state index is 12.4. The zero-order valence-corrected chi connectivity index (χ0v) is 28.9. The fourth-order valence-electron chi connectivity index (χ4n) is 5.69. The topological polar surface area (TPSA) is 123 Å². The van der Waals surface area contributed by atoms with Gasteiger partial charge in [0.15, 0.2) is 12.4 Å². The third kappa shape index (κ3) is 9.79. The predicted molar refractivity (Wildman–Crippen MR) is 189 cm³/mol. The number of hydrogen-bond donors (Lipinski definition) is 3. The van der Waals surface area contributed by atoms with Crippen LogP contribution in [0.15, 0.2) is 102 Å². The lowest BCUT2D eigenvalue weighted by Crippen LogP contribution is -2.38. The van der Waals surface area contributed by atoms with E-state index in [0.29, 0.717) is 5.75 Å². The molecule has 4 aromatic carbocycles. The van der Waals surface area contributed by atoms with Crippen molar-refractivity contribution >= 4 is 35.2 Å². The van der Waals surface area contributed by atoms with E-state index < -0.39 is 18.4 Å². The van der Waals surface area contributed by atoms with Crippen LogP contribution >= 0.6 is 11.8 Å². The first-order valence-electron chi connectivity index (χ1n) is 16.2. The summed E-state index contributed by atoms with van der Waals surface area (Å²) in [4.78, 5) is 36.1. The number of esters is 1. The van der Waals surface area contributed by atoms with E-state index in [9.17, 15) is 19.5 Å². The lowest BCUT2D eigenvalue weighted by Gasteiger charge is -2.41. The standard InChI is InChI=1S/C39H42N2O7S/c1-24-36(23-49-35-17-15-34(16-18-35)41-26(3)43)47-39(48-37(24)30-13-11-28(22-42)12-14-30)33-10-6-9-32(20-33)31-8-5-7-29(19-31)21-40-38(45)25(2)46-27(4)44/h5-20,24-25,36-37,39,42H,21-23H2,1-4H3,(H,40,45)(H,41,43). The van der Waals surface area contributed by atoms with Crippen LogP contribution in [0.1, 0.15) is 62.3 Å². The van der Waals surface area contributed by atoms with Crippen molar-refractivity contribution in [3.8, 4) is 11.1 Å². The molecule has 5 rings (SSSR count). The van der Waals surface area contributed by atoms with Crippen LogP contribution < -0.4 is 10.6 Å². The highest BCUT2D eigenvalue weighted by atomic mass is 32.2. The van der Waals surface area contributed by atoms with E-state index in [0.717, 1.165) is 44.0 Å². The van der Waals surface area contributed by atoms with E-state index in [1.54, 1.807) is 18.7 Å². The molecule has 0 spiro atoms. The van der Waals surface area contributed by atoms with Crippen molar-refractivity contribution < 1.29 is 33.7 Å². The Balaban J connectivity index is 1.35. The second kappa shape index (κ2) is 16.8. The lowest BCUT2D eigenvalue weighted by atomic mass is 9.91. The zero-order chi connectivity index (χ0) is 34.9. The molecular formula is C39H42N2O7S. The molecule has 0 radical (unpaired) electrons. The van der Waals surface area contributed by atoms with Crippen LogP contribution in [-0.4, -0.2) is 40.9 Å². The largest absolute Gasteiger partial charge is 0.453 e. The molecule has 4 aromatic rings. The van der Waals surface area contributed by atoms with E-state index >= 15 is 0 Å². The summed E-state index contributed by atoms with van der Waals surface area (Å²) in [7, 11) is 0. The highest BCUT2D eigenvalue weighted by molar-refractivity contribution is 7.99. The SMILES string of the molecule is CC(=O)Nc1ccc(SCC2OC(c3cccc(-c4cccc(CNC(=O)C(C)OC(C)=O)c4)c3)OC(c3ccc(CO)cc3)C2C)cc1. The summed E-state index contributed by atoms with van der Waals surface area (Å²) in [5, 5.41) is 15.2. The second-order valence-corrected chi connectivity index (χ2v) is 13.2. The summed E-state index contributed by atoms with van der Waals surface area (Å²) < 4.78 is 18.4. The molecule has 0 aliphatic carbocycles. The van der Waals surface area contributed by atoms with E-state index in [1.165, 1.54) is 13.8 Å². The molecule has 10 heteroatoms. The fourth-order valence-corrected chi connectivity index (χ4v) is 6.75. The van der Waals surface area contributed by atoms with Crippen molar-refractivity contribution in [2.45, 2.75) is 70.3 Å². The number of anilines is 1. The summed E-state index contributed by atoms with van der Waals surface area (Å²) in [6.45, 7) is 6.70. The Morgan fingerprint density at radius 1 is 0.857 bits per heavy atom. The second-order valence-electron chi connectivity index (χ2n) is 12.1. The van der Waals surface area contributed by atoms with Gasteiger partial charge in [-0.3, -0.25) is 14.4 Å². The number of aliphatic hydroxyl groups excluding tert-OH is 1. The molecule has 1 saturated heterocycles. The summed E-state index contributed by atoms with van der Waals surface area (Å²) >= 11 is 1.69. The van der Waals surface area contributed by atoms with Gasteiger partial charge in [-0.05, 0) is 71.1 Å². The van der Waals surface area contributed by atoms with Crippen LogP contribution in [0.2, 0.25) is 0 Å². The normalized spacial score (nSPS) is 19.4. The summed E-state index contributed by atoms with van der Waals surface area (Å²) in [5.41, 5.74) is 6.33. The molecular weight excluding hydrogens is 641 g/mol. The first kappa shape index (κ1) is 35.8. The summed E-state index contributed by atoms with van der Waals surface area (Å²) in [6.07, 6.45) is -1.89. The number of nitrogens with one attached hydrogen (secondary N) is 2. The van der Waals surface area contributed by atoms with Crippen LogP contribution in [-0.2, 0) is 41.7 Å². The molecule has 5 atom stereocenters. The van der Waals surface area contributed by atoms with Gasteiger partial charge in [0.1, 0.15) is 0 Å². The van der Waals surface area contributed by atoms with E-state index in [1.807, 2.05) is 91.0 Å². The predicted octanol–water partition coefficient (Wildman–Crippen LogP) is 6.96. The molecule has 9 nitrogen and oxygen atoms in total. The Bertz CT molecular complexity index is 1750. The van der Waals surface area contributed by atoms with Gasteiger partial charge in [-0.15, -0.1) is 11.8 Å². The van der Waals surface area contributed by atoms with E-state index in [-0.39, 0.29) is 43.1 Å². The number of ether oxygens (including phenoxy) is 3. The highest BCUT2D eigenvalue weighted by Crippen LogP contribution is 2.43. The van der Waals surface area contributed by atoms with Crippen molar-refractivity contribution in [2.24, 2.45) is 5.92 Å². The molecule has 1 heterocycles. The van der Waals surface area contributed by atoms with Gasteiger partial charge in [-0.25, -0.2) is 0 Å². The average Bonchev–Trinajstić information content (AvgIpc) is 3.10. The molecule has 5 unspecified atom stereocenters. The van der Waals surface area contributed by atoms with Crippen LogP contribution in [0.5, 0.6) is 0 Å². The molecule has 49 heavy (non-hydrogen) atoms. The molecule has 0 bridgehead atoms.